The summed E-state index contributed by atoms with van der Waals surface area (Å²) in [6.45, 7) is 0. The zero-order chi connectivity index (χ0) is 37.3. The molecule has 3 nitrogen and oxygen atoms in total. The van der Waals surface area contributed by atoms with Gasteiger partial charge in [-0.3, -0.25) is 0 Å². The van der Waals surface area contributed by atoms with Crippen molar-refractivity contribution in [3.63, 3.8) is 0 Å². The first kappa shape index (κ1) is 33.1. The highest BCUT2D eigenvalue weighted by Gasteiger charge is 2.19. The summed E-state index contributed by atoms with van der Waals surface area (Å²) in [5.74, 6) is 1.88. The van der Waals surface area contributed by atoms with Crippen molar-refractivity contribution in [3.05, 3.63) is 212 Å². The van der Waals surface area contributed by atoms with E-state index in [9.17, 15) is 0 Å². The monoisotopic (exact) mass is 713 g/mol. The van der Waals surface area contributed by atoms with Crippen LogP contribution in [0.5, 0.6) is 0 Å². The molecular formula is C53H35N3. The van der Waals surface area contributed by atoms with Crippen molar-refractivity contribution in [2.45, 2.75) is 0 Å². The number of fused-ring (bicyclic) bond motifs is 2. The second kappa shape index (κ2) is 14.4. The van der Waals surface area contributed by atoms with E-state index in [1.165, 1.54) is 49.5 Å². The van der Waals surface area contributed by atoms with E-state index >= 15 is 0 Å². The maximum Gasteiger partial charge on any atom is 0.164 e. The van der Waals surface area contributed by atoms with Crippen molar-refractivity contribution in [2.75, 3.05) is 0 Å². The average Bonchev–Trinajstić information content (AvgIpc) is 3.29. The third-order valence-corrected chi connectivity index (χ3v) is 10.5. The van der Waals surface area contributed by atoms with E-state index in [-0.39, 0.29) is 0 Å². The van der Waals surface area contributed by atoms with Crippen molar-refractivity contribution >= 4 is 21.5 Å². The van der Waals surface area contributed by atoms with Gasteiger partial charge >= 0.3 is 0 Å². The summed E-state index contributed by atoms with van der Waals surface area (Å²) in [6.07, 6.45) is 0. The van der Waals surface area contributed by atoms with Crippen molar-refractivity contribution in [3.8, 4) is 78.7 Å². The van der Waals surface area contributed by atoms with Gasteiger partial charge in [-0.25, -0.2) is 15.0 Å². The van der Waals surface area contributed by atoms with Gasteiger partial charge in [-0.15, -0.1) is 0 Å². The molecule has 0 atom stereocenters. The number of rotatable bonds is 7. The summed E-state index contributed by atoms with van der Waals surface area (Å²) in [4.78, 5) is 15.5. The second-order valence-electron chi connectivity index (χ2n) is 14.0. The lowest BCUT2D eigenvalue weighted by Crippen LogP contribution is -2.00. The normalized spacial score (nSPS) is 11.2. The highest BCUT2D eigenvalue weighted by Crippen LogP contribution is 2.44. The number of hydrogen-bond acceptors (Lipinski definition) is 3. The Morgan fingerprint density at radius 2 is 0.482 bits per heavy atom. The molecule has 10 aromatic rings. The minimum Gasteiger partial charge on any atom is -0.208 e. The van der Waals surface area contributed by atoms with E-state index in [1.807, 2.05) is 12.1 Å². The lowest BCUT2D eigenvalue weighted by atomic mass is 9.85. The first-order valence-electron chi connectivity index (χ1n) is 18.9. The number of nitrogens with zero attached hydrogens (tertiary/aromatic N) is 3. The predicted molar refractivity (Wildman–Crippen MR) is 233 cm³/mol. The van der Waals surface area contributed by atoms with E-state index < -0.39 is 0 Å². The molecule has 0 amide bonds. The molecular weight excluding hydrogens is 679 g/mol. The van der Waals surface area contributed by atoms with Crippen molar-refractivity contribution in [2.24, 2.45) is 0 Å². The zero-order valence-electron chi connectivity index (χ0n) is 30.5. The molecule has 0 aliphatic carbocycles. The average molecular weight is 714 g/mol. The van der Waals surface area contributed by atoms with Crippen LogP contribution in [0.25, 0.3) is 100 Å². The highest BCUT2D eigenvalue weighted by atomic mass is 15.0. The maximum atomic E-state index is 5.20. The van der Waals surface area contributed by atoms with Crippen LogP contribution in [0, 0.1) is 0 Å². The van der Waals surface area contributed by atoms with Crippen molar-refractivity contribution in [1.82, 2.24) is 15.0 Å². The zero-order valence-corrected chi connectivity index (χ0v) is 30.5. The van der Waals surface area contributed by atoms with Gasteiger partial charge in [0.05, 0.1) is 0 Å². The smallest absolute Gasteiger partial charge is 0.164 e. The topological polar surface area (TPSA) is 38.7 Å². The van der Waals surface area contributed by atoms with E-state index in [0.29, 0.717) is 17.5 Å². The minimum absolute atomic E-state index is 0.625. The van der Waals surface area contributed by atoms with E-state index in [4.69, 9.17) is 15.0 Å². The number of benzene rings is 9. The molecule has 1 heterocycles. The minimum atomic E-state index is 0.625. The molecule has 262 valence electrons. The molecule has 0 unspecified atom stereocenters. The highest BCUT2D eigenvalue weighted by molar-refractivity contribution is 6.21. The van der Waals surface area contributed by atoms with Crippen molar-refractivity contribution < 1.29 is 0 Å². The molecule has 10 rings (SSSR count). The Kier molecular flexibility index (Phi) is 8.51. The Balaban J connectivity index is 1.18. The van der Waals surface area contributed by atoms with Crippen LogP contribution in [0.3, 0.4) is 0 Å². The van der Waals surface area contributed by atoms with Crippen LogP contribution in [0.1, 0.15) is 0 Å². The van der Waals surface area contributed by atoms with Gasteiger partial charge in [0.25, 0.3) is 0 Å². The van der Waals surface area contributed by atoms with Gasteiger partial charge in [0.15, 0.2) is 17.5 Å². The van der Waals surface area contributed by atoms with Gasteiger partial charge in [-0.05, 0) is 72.1 Å². The van der Waals surface area contributed by atoms with Crippen LogP contribution in [-0.4, -0.2) is 15.0 Å². The molecule has 0 radical (unpaired) electrons. The molecule has 0 spiro atoms. The lowest BCUT2D eigenvalue weighted by Gasteiger charge is -2.18. The Morgan fingerprint density at radius 3 is 0.911 bits per heavy atom. The van der Waals surface area contributed by atoms with Gasteiger partial charge in [-0.1, -0.05) is 206 Å². The van der Waals surface area contributed by atoms with Crippen molar-refractivity contribution in [1.29, 1.82) is 0 Å². The fraction of sp³-hybridized carbons (Fsp3) is 0. The summed E-state index contributed by atoms with van der Waals surface area (Å²) in [5.41, 5.74) is 12.2. The second-order valence-corrected chi connectivity index (χ2v) is 14.0. The number of aromatic nitrogens is 3. The summed E-state index contributed by atoms with van der Waals surface area (Å²) >= 11 is 0. The summed E-state index contributed by atoms with van der Waals surface area (Å²) in [7, 11) is 0. The fourth-order valence-corrected chi connectivity index (χ4v) is 7.80. The molecule has 9 aromatic carbocycles. The predicted octanol–water partition coefficient (Wildman–Crippen LogP) is 13.8. The van der Waals surface area contributed by atoms with E-state index in [0.717, 1.165) is 33.2 Å². The van der Waals surface area contributed by atoms with Gasteiger partial charge in [-0.2, -0.15) is 0 Å². The molecule has 3 heteroatoms. The molecule has 0 N–H and O–H groups in total. The molecule has 0 saturated carbocycles. The van der Waals surface area contributed by atoms with Gasteiger partial charge in [0, 0.05) is 16.7 Å². The summed E-state index contributed by atoms with van der Waals surface area (Å²) < 4.78 is 0. The third-order valence-electron chi connectivity index (χ3n) is 10.5. The van der Waals surface area contributed by atoms with Crippen LogP contribution >= 0.6 is 0 Å². The fourth-order valence-electron chi connectivity index (χ4n) is 7.80. The summed E-state index contributed by atoms with van der Waals surface area (Å²) in [6, 6.07) is 74.7. The molecule has 1 aromatic heterocycles. The lowest BCUT2D eigenvalue weighted by molar-refractivity contribution is 1.07. The maximum absolute atomic E-state index is 5.20. The Labute approximate surface area is 326 Å². The first-order chi connectivity index (χ1) is 27.8. The van der Waals surface area contributed by atoms with Gasteiger partial charge < -0.3 is 0 Å². The van der Waals surface area contributed by atoms with E-state index in [2.05, 4.69) is 200 Å². The quantitative estimate of drug-likeness (QED) is 0.154. The van der Waals surface area contributed by atoms with Crippen LogP contribution in [-0.2, 0) is 0 Å². The molecule has 0 bridgehead atoms. The Morgan fingerprint density at radius 1 is 0.196 bits per heavy atom. The molecule has 0 aliphatic rings. The van der Waals surface area contributed by atoms with Crippen LogP contribution in [0.15, 0.2) is 212 Å². The molecule has 56 heavy (non-hydrogen) atoms. The van der Waals surface area contributed by atoms with Gasteiger partial charge in [0.2, 0.25) is 0 Å². The van der Waals surface area contributed by atoms with Gasteiger partial charge in [0.1, 0.15) is 0 Å². The Hall–Kier alpha value is -7.49. The summed E-state index contributed by atoms with van der Waals surface area (Å²) in [5, 5.41) is 4.76. The largest absolute Gasteiger partial charge is 0.208 e. The third kappa shape index (κ3) is 6.21. The SMILES string of the molecule is c1ccc(-c2ccc(-c3nc(-c4ccc(-c5ccccc5)cc4)nc(-c4ccc5c(-c6ccccc6)c6ccccc6c(-c6ccccc6)c5c4)n3)cc2)cc1. The molecule has 0 saturated heterocycles. The van der Waals surface area contributed by atoms with Crippen LogP contribution < -0.4 is 0 Å². The van der Waals surface area contributed by atoms with Crippen LogP contribution in [0.2, 0.25) is 0 Å². The molecule has 0 aliphatic heterocycles. The molecule has 0 fully saturated rings. The van der Waals surface area contributed by atoms with E-state index in [1.54, 1.807) is 0 Å². The standard InChI is InChI=1S/C53H35N3/c1-5-15-36(16-6-1)38-25-29-42(30-26-38)51-54-52(43-31-27-39(28-32-43)37-17-7-2-8-18-37)56-53(55-51)44-33-34-47-48(35-44)50(41-21-11-4-12-22-41)46-24-14-13-23-45(46)49(47)40-19-9-3-10-20-40/h1-35H. The first-order valence-corrected chi connectivity index (χ1v) is 18.9. The number of hydrogen-bond donors (Lipinski definition) is 0. The Bertz CT molecular complexity index is 2860. The van der Waals surface area contributed by atoms with Crippen LogP contribution in [0.4, 0.5) is 0 Å².